The Bertz CT molecular complexity index is 633. The molecule has 1 fully saturated rings. The van der Waals surface area contributed by atoms with Gasteiger partial charge in [-0.2, -0.15) is 0 Å². The summed E-state index contributed by atoms with van der Waals surface area (Å²) in [5.74, 6) is 2.42. The van der Waals surface area contributed by atoms with Crippen LogP contribution < -0.4 is 10.6 Å². The third-order valence-corrected chi connectivity index (χ3v) is 4.34. The van der Waals surface area contributed by atoms with E-state index in [2.05, 4.69) is 46.8 Å². The Morgan fingerprint density at radius 3 is 2.65 bits per heavy atom. The normalized spacial score (nSPS) is 20.3. The zero-order valence-corrected chi connectivity index (χ0v) is 15.9. The zero-order valence-electron chi connectivity index (χ0n) is 13.6. The molecule has 124 valence electrons. The maximum absolute atomic E-state index is 5.32. The molecule has 1 aromatic heterocycles. The van der Waals surface area contributed by atoms with Gasteiger partial charge >= 0.3 is 0 Å². The first-order chi connectivity index (χ1) is 10.8. The lowest BCUT2D eigenvalue weighted by Crippen LogP contribution is -2.48. The van der Waals surface area contributed by atoms with Crippen molar-refractivity contribution in [1.82, 2.24) is 10.6 Å². The summed E-state index contributed by atoms with van der Waals surface area (Å²) in [5.41, 5.74) is 2.88. The van der Waals surface area contributed by atoms with E-state index in [1.54, 1.807) is 13.3 Å². The van der Waals surface area contributed by atoms with Crippen molar-refractivity contribution in [3.8, 4) is 0 Å². The first-order valence-corrected chi connectivity index (χ1v) is 7.81. The van der Waals surface area contributed by atoms with Crippen molar-refractivity contribution in [3.63, 3.8) is 0 Å². The molecule has 0 amide bonds. The van der Waals surface area contributed by atoms with E-state index in [1.807, 2.05) is 12.1 Å². The number of aryl methyl sites for hydroxylation is 1. The van der Waals surface area contributed by atoms with Gasteiger partial charge in [-0.25, -0.2) is 0 Å². The molecule has 3 rings (SSSR count). The van der Waals surface area contributed by atoms with Crippen LogP contribution >= 0.6 is 24.0 Å². The van der Waals surface area contributed by atoms with Gasteiger partial charge < -0.3 is 15.1 Å². The van der Waals surface area contributed by atoms with Crippen LogP contribution in [0.5, 0.6) is 0 Å². The van der Waals surface area contributed by atoms with Gasteiger partial charge in [0.1, 0.15) is 5.76 Å². The molecule has 0 aliphatic heterocycles. The number of hydrogen-bond acceptors (Lipinski definition) is 2. The predicted molar refractivity (Wildman–Crippen MR) is 104 cm³/mol. The number of hydrogen-bond donors (Lipinski definition) is 2. The third kappa shape index (κ3) is 4.50. The summed E-state index contributed by atoms with van der Waals surface area (Å²) in [7, 11) is 1.80. The fourth-order valence-corrected chi connectivity index (χ4v) is 3.01. The minimum atomic E-state index is 0. The van der Waals surface area contributed by atoms with Crippen molar-refractivity contribution in [2.24, 2.45) is 4.99 Å². The van der Waals surface area contributed by atoms with Gasteiger partial charge in [-0.15, -0.1) is 24.0 Å². The van der Waals surface area contributed by atoms with Crippen molar-refractivity contribution >= 4 is 29.9 Å². The minimum Gasteiger partial charge on any atom is -0.467 e. The van der Waals surface area contributed by atoms with E-state index in [0.717, 1.165) is 24.6 Å². The number of benzene rings is 1. The highest BCUT2D eigenvalue weighted by Crippen LogP contribution is 2.38. The van der Waals surface area contributed by atoms with Crippen LogP contribution in [0.2, 0.25) is 0 Å². The van der Waals surface area contributed by atoms with E-state index in [1.165, 1.54) is 11.1 Å². The van der Waals surface area contributed by atoms with Crippen molar-refractivity contribution in [1.29, 1.82) is 0 Å². The Morgan fingerprint density at radius 2 is 2.00 bits per heavy atom. The van der Waals surface area contributed by atoms with E-state index >= 15 is 0 Å². The van der Waals surface area contributed by atoms with Crippen LogP contribution in [0.25, 0.3) is 0 Å². The van der Waals surface area contributed by atoms with Crippen LogP contribution in [0.15, 0.2) is 52.1 Å². The molecule has 1 aliphatic rings. The summed E-state index contributed by atoms with van der Waals surface area (Å²) in [6, 6.07) is 13.0. The smallest absolute Gasteiger partial charge is 0.191 e. The Morgan fingerprint density at radius 1 is 1.22 bits per heavy atom. The Hall–Kier alpha value is -1.50. The van der Waals surface area contributed by atoms with E-state index < -0.39 is 0 Å². The average molecular weight is 425 g/mol. The van der Waals surface area contributed by atoms with Crippen molar-refractivity contribution in [3.05, 3.63) is 59.5 Å². The van der Waals surface area contributed by atoms with Gasteiger partial charge in [0.05, 0.1) is 12.8 Å². The number of nitrogens with zero attached hydrogens (tertiary/aromatic N) is 1. The highest BCUT2D eigenvalue weighted by Gasteiger charge is 2.31. The molecule has 0 unspecified atom stereocenters. The van der Waals surface area contributed by atoms with Crippen LogP contribution in [0, 0.1) is 6.92 Å². The fraction of sp³-hybridized carbons (Fsp3) is 0.389. The lowest BCUT2D eigenvalue weighted by atomic mass is 9.74. The van der Waals surface area contributed by atoms with Crippen molar-refractivity contribution in [2.75, 3.05) is 7.05 Å². The first kappa shape index (κ1) is 17.8. The first-order valence-electron chi connectivity index (χ1n) is 7.81. The van der Waals surface area contributed by atoms with Gasteiger partial charge in [0.15, 0.2) is 5.96 Å². The van der Waals surface area contributed by atoms with E-state index in [4.69, 9.17) is 4.42 Å². The standard InChI is InChI=1S/C18H23N3O.HI/c1-13-6-3-4-8-17(13)14-10-15(11-14)21-18(19-2)20-12-16-7-5-9-22-16;/h3-9,14-15H,10-12H2,1-2H3,(H2,19,20,21);1H. The van der Waals surface area contributed by atoms with Crippen LogP contribution in [0.3, 0.4) is 0 Å². The summed E-state index contributed by atoms with van der Waals surface area (Å²) in [4.78, 5) is 4.28. The summed E-state index contributed by atoms with van der Waals surface area (Å²) in [6.45, 7) is 2.85. The Balaban J connectivity index is 0.00000192. The molecule has 1 aromatic carbocycles. The summed E-state index contributed by atoms with van der Waals surface area (Å²) in [6.07, 6.45) is 4.00. The lowest BCUT2D eigenvalue weighted by Gasteiger charge is -2.37. The van der Waals surface area contributed by atoms with Gasteiger partial charge in [0, 0.05) is 13.1 Å². The molecule has 0 saturated heterocycles. The average Bonchev–Trinajstić information content (AvgIpc) is 3.00. The molecule has 2 aromatic rings. The number of furan rings is 1. The van der Waals surface area contributed by atoms with Gasteiger partial charge in [0.25, 0.3) is 0 Å². The molecule has 1 aliphatic carbocycles. The molecule has 4 nitrogen and oxygen atoms in total. The molecular weight excluding hydrogens is 401 g/mol. The monoisotopic (exact) mass is 425 g/mol. The largest absolute Gasteiger partial charge is 0.467 e. The molecule has 0 spiro atoms. The second kappa shape index (κ2) is 8.38. The second-order valence-corrected chi connectivity index (χ2v) is 5.87. The third-order valence-electron chi connectivity index (χ3n) is 4.34. The Kier molecular flexibility index (Phi) is 6.50. The van der Waals surface area contributed by atoms with Crippen LogP contribution in [0.1, 0.15) is 35.6 Å². The van der Waals surface area contributed by atoms with Crippen molar-refractivity contribution < 1.29 is 4.42 Å². The maximum Gasteiger partial charge on any atom is 0.191 e. The molecule has 0 atom stereocenters. The SMILES string of the molecule is CN=C(NCc1ccco1)NC1CC(c2ccccc2C)C1.I. The maximum atomic E-state index is 5.32. The summed E-state index contributed by atoms with van der Waals surface area (Å²) < 4.78 is 5.32. The molecule has 5 heteroatoms. The minimum absolute atomic E-state index is 0. The lowest BCUT2D eigenvalue weighted by molar-refractivity contribution is 0.320. The summed E-state index contributed by atoms with van der Waals surface area (Å²) in [5, 5.41) is 6.76. The van der Waals surface area contributed by atoms with Gasteiger partial charge in [0.2, 0.25) is 0 Å². The fourth-order valence-electron chi connectivity index (χ4n) is 3.01. The van der Waals surface area contributed by atoms with E-state index in [9.17, 15) is 0 Å². The number of nitrogens with one attached hydrogen (secondary N) is 2. The van der Waals surface area contributed by atoms with Crippen LogP contribution in [0.4, 0.5) is 0 Å². The van der Waals surface area contributed by atoms with Gasteiger partial charge in [-0.1, -0.05) is 24.3 Å². The highest BCUT2D eigenvalue weighted by atomic mass is 127. The quantitative estimate of drug-likeness (QED) is 0.445. The van der Waals surface area contributed by atoms with Crippen LogP contribution in [-0.2, 0) is 6.54 Å². The van der Waals surface area contributed by atoms with Crippen LogP contribution in [-0.4, -0.2) is 19.0 Å². The number of rotatable bonds is 4. The van der Waals surface area contributed by atoms with E-state index in [0.29, 0.717) is 18.5 Å². The predicted octanol–water partition coefficient (Wildman–Crippen LogP) is 3.82. The molecule has 0 bridgehead atoms. The molecule has 1 saturated carbocycles. The second-order valence-electron chi connectivity index (χ2n) is 5.87. The topological polar surface area (TPSA) is 49.6 Å². The van der Waals surface area contributed by atoms with Gasteiger partial charge in [-0.05, 0) is 48.9 Å². The highest BCUT2D eigenvalue weighted by molar-refractivity contribution is 14.0. The van der Waals surface area contributed by atoms with Gasteiger partial charge in [-0.3, -0.25) is 4.99 Å². The Labute approximate surface area is 154 Å². The molecule has 2 N–H and O–H groups in total. The molecule has 0 radical (unpaired) electrons. The molecule has 1 heterocycles. The molecular formula is C18H24IN3O. The number of aliphatic imine (C=N–C) groups is 1. The number of guanidine groups is 1. The zero-order chi connectivity index (χ0) is 15.4. The molecule has 23 heavy (non-hydrogen) atoms. The van der Waals surface area contributed by atoms with Crippen molar-refractivity contribution in [2.45, 2.75) is 38.3 Å². The number of halogens is 1. The summed E-state index contributed by atoms with van der Waals surface area (Å²) >= 11 is 0. The van der Waals surface area contributed by atoms with E-state index in [-0.39, 0.29) is 24.0 Å².